The third kappa shape index (κ3) is 29.6. The number of rotatable bonds is 1. The minimum Gasteiger partial charge on any atom is -0.329 e. The molecule has 32 valence electrons. The van der Waals surface area contributed by atoms with Gasteiger partial charge in [0.2, 0.25) is 0 Å². The van der Waals surface area contributed by atoms with Crippen LogP contribution < -0.4 is 70.6 Å². The average molecular weight is 162 g/mol. The summed E-state index contributed by atoms with van der Waals surface area (Å²) in [7, 11) is 0. The van der Waals surface area contributed by atoms with Crippen molar-refractivity contribution in [2.24, 2.45) is 11.5 Å². The summed E-state index contributed by atoms with van der Waals surface area (Å²) in [5.74, 6) is 0. The van der Waals surface area contributed by atoms with E-state index in [0.717, 1.165) is 0 Å². The van der Waals surface area contributed by atoms with Gasteiger partial charge in [-0.05, 0) is 0 Å². The van der Waals surface area contributed by atoms with E-state index < -0.39 is 0 Å². The van der Waals surface area contributed by atoms with Crippen molar-refractivity contribution in [1.82, 2.24) is 0 Å². The van der Waals surface area contributed by atoms with Crippen molar-refractivity contribution in [1.29, 1.82) is 0 Å². The second-order valence-corrected chi connectivity index (χ2v) is 0.577. The van der Waals surface area contributed by atoms with Crippen LogP contribution in [0, 0.1) is 0 Å². The minimum absolute atomic E-state index is 0. The molecular weight excluding hydrogens is 154 g/mol. The molecule has 0 fully saturated rings. The third-order valence-corrected chi connectivity index (χ3v) is 0.167. The molecule has 0 amide bonds. The van der Waals surface area contributed by atoms with Crippen LogP contribution in [-0.2, 0) is 17.1 Å². The van der Waals surface area contributed by atoms with Crippen molar-refractivity contribution in [2.75, 3.05) is 13.1 Å². The summed E-state index contributed by atoms with van der Waals surface area (Å²) >= 11 is 0. The van der Waals surface area contributed by atoms with Gasteiger partial charge in [-0.25, -0.2) is 0 Å². The third-order valence-electron chi connectivity index (χ3n) is 0.167. The molecule has 0 bridgehead atoms. The molecule has 0 rings (SSSR count). The minimum atomic E-state index is 0. The Morgan fingerprint density at radius 2 is 1.00 bits per heavy atom. The van der Waals surface area contributed by atoms with Gasteiger partial charge in [0, 0.05) is 13.1 Å². The van der Waals surface area contributed by atoms with Crippen LogP contribution in [0.3, 0.4) is 0 Å². The van der Waals surface area contributed by atoms with Gasteiger partial charge in [0.25, 0.3) is 0 Å². The van der Waals surface area contributed by atoms with E-state index >= 15 is 0 Å². The first-order valence-corrected chi connectivity index (χ1v) is 1.32. The van der Waals surface area contributed by atoms with Crippen LogP contribution in [0.2, 0.25) is 0 Å². The maximum atomic E-state index is 4.90. The zero-order valence-electron chi connectivity index (χ0n) is 4.92. The van der Waals surface area contributed by atoms with E-state index in [9.17, 15) is 0 Å². The largest absolute Gasteiger partial charge is 2.00 e. The molecule has 0 spiro atoms. The maximum Gasteiger partial charge on any atom is 2.00 e. The van der Waals surface area contributed by atoms with Crippen molar-refractivity contribution >= 4 is 0 Å². The van der Waals surface area contributed by atoms with Crippen LogP contribution in [0.4, 0.5) is 0 Å². The van der Waals surface area contributed by atoms with Crippen molar-refractivity contribution in [3.63, 3.8) is 0 Å². The van der Waals surface area contributed by atoms with Crippen molar-refractivity contribution in [3.8, 4) is 0 Å². The Morgan fingerprint density at radius 3 is 1.00 bits per heavy atom. The van der Waals surface area contributed by atoms with E-state index in [1.807, 2.05) is 0 Å². The number of hydrogen-bond acceptors (Lipinski definition) is 2. The summed E-state index contributed by atoms with van der Waals surface area (Å²) in [6, 6.07) is 0. The monoisotopic (exact) mass is 162 g/mol. The van der Waals surface area contributed by atoms with Gasteiger partial charge in [0.15, 0.2) is 0 Å². The SMILES string of the molecule is NCCN.[Fe+2].[Na+].[Na+]. The Morgan fingerprint density at radius 1 is 0.857 bits per heavy atom. The molecule has 0 aliphatic heterocycles. The molecule has 0 saturated heterocycles. The first-order valence-electron chi connectivity index (χ1n) is 1.32. The standard InChI is InChI=1S/C2H8N2.Fe.2Na/c3-1-2-4;;;/h1-4H2;;;/q;+2;2*+1. The molecule has 0 aromatic rings. The molecule has 2 nitrogen and oxygen atoms in total. The quantitative estimate of drug-likeness (QED) is 0.376. The molecule has 7 heavy (non-hydrogen) atoms. The Balaban J connectivity index is -0.0000000150. The Hall–Kier alpha value is 2.44. The molecule has 0 aliphatic carbocycles. The average Bonchev–Trinajstić information content (AvgIpc) is 1.37. The fourth-order valence-electron chi connectivity index (χ4n) is 0. The summed E-state index contributed by atoms with van der Waals surface area (Å²) in [5, 5.41) is 0. The molecule has 0 saturated carbocycles. The molecule has 0 aliphatic rings. The van der Waals surface area contributed by atoms with E-state index in [1.54, 1.807) is 0 Å². The molecule has 0 aromatic heterocycles. The van der Waals surface area contributed by atoms with Gasteiger partial charge in [0.05, 0.1) is 0 Å². The van der Waals surface area contributed by atoms with Crippen LogP contribution in [-0.4, -0.2) is 13.1 Å². The van der Waals surface area contributed by atoms with Gasteiger partial charge in [-0.15, -0.1) is 0 Å². The second-order valence-electron chi connectivity index (χ2n) is 0.577. The molecule has 4 N–H and O–H groups in total. The maximum absolute atomic E-state index is 4.90. The van der Waals surface area contributed by atoms with Gasteiger partial charge in [-0.1, -0.05) is 0 Å². The number of nitrogens with two attached hydrogens (primary N) is 2. The van der Waals surface area contributed by atoms with E-state index in [-0.39, 0.29) is 76.2 Å². The van der Waals surface area contributed by atoms with Gasteiger partial charge < -0.3 is 11.5 Å². The van der Waals surface area contributed by atoms with Crippen LogP contribution in [0.15, 0.2) is 0 Å². The zero-order chi connectivity index (χ0) is 3.41. The molecule has 0 unspecified atom stereocenters. The van der Waals surface area contributed by atoms with Gasteiger partial charge >= 0.3 is 76.2 Å². The molecular formula is C2H8FeN2Na2+4. The first-order chi connectivity index (χ1) is 1.91. The van der Waals surface area contributed by atoms with Gasteiger partial charge in [-0.3, -0.25) is 0 Å². The van der Waals surface area contributed by atoms with Crippen LogP contribution >= 0.6 is 0 Å². The van der Waals surface area contributed by atoms with Crippen LogP contribution in [0.5, 0.6) is 0 Å². The molecule has 0 aromatic carbocycles. The first kappa shape index (κ1) is 22.7. The van der Waals surface area contributed by atoms with E-state index in [4.69, 9.17) is 11.5 Å². The van der Waals surface area contributed by atoms with Crippen molar-refractivity contribution in [3.05, 3.63) is 0 Å². The Bertz CT molecular complexity index is 15.7. The number of hydrogen-bond donors (Lipinski definition) is 2. The molecule has 0 heterocycles. The normalized spacial score (nSPS) is 4.29. The predicted molar refractivity (Wildman–Crippen MR) is 18.1 cm³/mol. The summed E-state index contributed by atoms with van der Waals surface area (Å²) in [6.45, 7) is 1.19. The summed E-state index contributed by atoms with van der Waals surface area (Å²) in [4.78, 5) is 0. The van der Waals surface area contributed by atoms with Crippen molar-refractivity contribution < 1.29 is 76.2 Å². The van der Waals surface area contributed by atoms with E-state index in [1.165, 1.54) is 0 Å². The van der Waals surface area contributed by atoms with Gasteiger partial charge in [-0.2, -0.15) is 0 Å². The smallest absolute Gasteiger partial charge is 0.329 e. The van der Waals surface area contributed by atoms with Crippen molar-refractivity contribution in [2.45, 2.75) is 0 Å². The Kier molecular flexibility index (Phi) is 76.9. The summed E-state index contributed by atoms with van der Waals surface area (Å²) in [6.07, 6.45) is 0. The van der Waals surface area contributed by atoms with Crippen LogP contribution in [0.25, 0.3) is 0 Å². The van der Waals surface area contributed by atoms with Gasteiger partial charge in [0.1, 0.15) is 0 Å². The van der Waals surface area contributed by atoms with E-state index in [2.05, 4.69) is 0 Å². The van der Waals surface area contributed by atoms with E-state index in [0.29, 0.717) is 13.1 Å². The fourth-order valence-corrected chi connectivity index (χ4v) is 0. The van der Waals surface area contributed by atoms with Crippen LogP contribution in [0.1, 0.15) is 0 Å². The molecule has 0 radical (unpaired) electrons. The molecule has 0 atom stereocenters. The molecule has 5 heteroatoms. The topological polar surface area (TPSA) is 52.0 Å². The predicted octanol–water partition coefficient (Wildman–Crippen LogP) is -7.09. The zero-order valence-corrected chi connectivity index (χ0v) is 10.0. The summed E-state index contributed by atoms with van der Waals surface area (Å²) < 4.78 is 0. The second kappa shape index (κ2) is 23.7. The Labute approximate surface area is 99.2 Å². The fraction of sp³-hybridized carbons (Fsp3) is 1.00. The summed E-state index contributed by atoms with van der Waals surface area (Å²) in [5.41, 5.74) is 9.81.